The van der Waals surface area contributed by atoms with Crippen molar-refractivity contribution in [2.45, 2.75) is 46.1 Å². The fourth-order valence-corrected chi connectivity index (χ4v) is 2.53. The molecule has 0 atom stereocenters. The van der Waals surface area contributed by atoms with E-state index in [1.807, 2.05) is 33.8 Å². The average molecular weight is 363 g/mol. The summed E-state index contributed by atoms with van der Waals surface area (Å²) in [7, 11) is 0. The maximum absolute atomic E-state index is 12.1. The maximum atomic E-state index is 12.1. The number of hydrogen-bond donors (Lipinski definition) is 0. The van der Waals surface area contributed by atoms with E-state index in [1.165, 1.54) is 0 Å². The van der Waals surface area contributed by atoms with Crippen LogP contribution in [0.5, 0.6) is 0 Å². The summed E-state index contributed by atoms with van der Waals surface area (Å²) in [5.74, 6) is 0.450. The Kier molecular flexibility index (Phi) is 6.83. The molecule has 1 aromatic heterocycles. The molecule has 0 bridgehead atoms. The number of unbranched alkanes of at least 4 members (excludes halogenated alkanes) is 1. The smallest absolute Gasteiger partial charge is 0.410 e. The largest absolute Gasteiger partial charge is 0.462 e. The Labute approximate surface area is 155 Å². The fraction of sp³-hybridized carbons (Fsp3) is 0.632. The van der Waals surface area contributed by atoms with Gasteiger partial charge in [-0.1, -0.05) is 13.3 Å². The first-order valence-corrected chi connectivity index (χ1v) is 9.16. The molecule has 1 saturated heterocycles. The van der Waals surface area contributed by atoms with Gasteiger partial charge >= 0.3 is 12.1 Å². The van der Waals surface area contributed by atoms with Crippen LogP contribution >= 0.6 is 0 Å². The number of hydrogen-bond acceptors (Lipinski definition) is 6. The van der Waals surface area contributed by atoms with E-state index in [9.17, 15) is 9.59 Å². The summed E-state index contributed by atoms with van der Waals surface area (Å²) in [6, 6.07) is 3.55. The number of anilines is 1. The van der Waals surface area contributed by atoms with Crippen LogP contribution in [0.1, 0.15) is 50.9 Å². The molecule has 1 aromatic rings. The number of pyridine rings is 1. The Balaban J connectivity index is 1.85. The molecule has 1 amide bonds. The van der Waals surface area contributed by atoms with Gasteiger partial charge in [0, 0.05) is 32.4 Å². The van der Waals surface area contributed by atoms with Gasteiger partial charge in [0.2, 0.25) is 0 Å². The van der Waals surface area contributed by atoms with E-state index >= 15 is 0 Å². The number of esters is 1. The van der Waals surface area contributed by atoms with E-state index in [0.29, 0.717) is 38.3 Å². The molecule has 7 heteroatoms. The maximum Gasteiger partial charge on any atom is 0.410 e. The lowest BCUT2D eigenvalue weighted by Gasteiger charge is -2.36. The highest BCUT2D eigenvalue weighted by Crippen LogP contribution is 2.16. The van der Waals surface area contributed by atoms with Crippen molar-refractivity contribution in [2.24, 2.45) is 0 Å². The molecule has 0 spiro atoms. The van der Waals surface area contributed by atoms with Crippen molar-refractivity contribution < 1.29 is 19.1 Å². The lowest BCUT2D eigenvalue weighted by atomic mass is 10.2. The molecule has 0 saturated carbocycles. The predicted octanol–water partition coefficient (Wildman–Crippen LogP) is 3.10. The highest BCUT2D eigenvalue weighted by atomic mass is 16.6. The Morgan fingerprint density at radius 1 is 1.15 bits per heavy atom. The molecule has 2 heterocycles. The van der Waals surface area contributed by atoms with Gasteiger partial charge in [-0.05, 0) is 39.3 Å². The summed E-state index contributed by atoms with van der Waals surface area (Å²) in [5, 5.41) is 0. The molecule has 1 aliphatic rings. The quantitative estimate of drug-likeness (QED) is 0.591. The van der Waals surface area contributed by atoms with E-state index in [1.54, 1.807) is 17.2 Å². The minimum atomic E-state index is -0.489. The summed E-state index contributed by atoms with van der Waals surface area (Å²) in [6.07, 6.45) is 3.11. The van der Waals surface area contributed by atoms with Crippen molar-refractivity contribution in [3.8, 4) is 0 Å². The molecular weight excluding hydrogens is 334 g/mol. The number of carbonyl (C=O) groups excluding carboxylic acids is 2. The zero-order chi connectivity index (χ0) is 19.2. The SMILES string of the molecule is CCCCOC(=O)c1ccc(N2CCN(C(=O)OC(C)(C)C)CC2)nc1. The van der Waals surface area contributed by atoms with Crippen LogP contribution in [0.4, 0.5) is 10.6 Å². The summed E-state index contributed by atoms with van der Waals surface area (Å²) in [5.41, 5.74) is -0.0330. The highest BCUT2D eigenvalue weighted by molar-refractivity contribution is 5.89. The van der Waals surface area contributed by atoms with Gasteiger partial charge in [0.25, 0.3) is 0 Å². The second kappa shape index (κ2) is 8.87. The van der Waals surface area contributed by atoms with E-state index in [4.69, 9.17) is 9.47 Å². The number of carbonyl (C=O) groups is 2. The first kappa shape index (κ1) is 20.0. The number of piperazine rings is 1. The van der Waals surface area contributed by atoms with Gasteiger partial charge in [-0.3, -0.25) is 0 Å². The van der Waals surface area contributed by atoms with Crippen LogP contribution in [-0.2, 0) is 9.47 Å². The number of ether oxygens (including phenoxy) is 2. The van der Waals surface area contributed by atoms with Crippen molar-refractivity contribution in [2.75, 3.05) is 37.7 Å². The van der Waals surface area contributed by atoms with Gasteiger partial charge in [-0.15, -0.1) is 0 Å². The van der Waals surface area contributed by atoms with Crippen molar-refractivity contribution >= 4 is 17.9 Å². The summed E-state index contributed by atoms with van der Waals surface area (Å²) in [6.45, 7) is 10.6. The van der Waals surface area contributed by atoms with Crippen LogP contribution in [0.2, 0.25) is 0 Å². The molecule has 1 aliphatic heterocycles. The van der Waals surface area contributed by atoms with Crippen LogP contribution in [0.25, 0.3) is 0 Å². The molecule has 0 unspecified atom stereocenters. The monoisotopic (exact) mass is 363 g/mol. The molecule has 2 rings (SSSR count). The van der Waals surface area contributed by atoms with Crippen LogP contribution in [0.15, 0.2) is 18.3 Å². The van der Waals surface area contributed by atoms with E-state index in [-0.39, 0.29) is 12.1 Å². The van der Waals surface area contributed by atoms with Crippen LogP contribution in [0.3, 0.4) is 0 Å². The lowest BCUT2D eigenvalue weighted by Crippen LogP contribution is -2.50. The third-order valence-corrected chi connectivity index (χ3v) is 3.97. The van der Waals surface area contributed by atoms with Crippen molar-refractivity contribution in [3.05, 3.63) is 23.9 Å². The third-order valence-electron chi connectivity index (χ3n) is 3.97. The Morgan fingerprint density at radius 3 is 2.38 bits per heavy atom. The highest BCUT2D eigenvalue weighted by Gasteiger charge is 2.26. The molecule has 26 heavy (non-hydrogen) atoms. The Morgan fingerprint density at radius 2 is 1.85 bits per heavy atom. The number of nitrogens with zero attached hydrogens (tertiary/aromatic N) is 3. The summed E-state index contributed by atoms with van der Waals surface area (Å²) in [4.78, 5) is 32.2. The lowest BCUT2D eigenvalue weighted by molar-refractivity contribution is 0.0240. The minimum absolute atomic E-state index is 0.282. The molecule has 0 N–H and O–H groups in total. The first-order chi connectivity index (χ1) is 12.3. The van der Waals surface area contributed by atoms with Crippen molar-refractivity contribution in [1.29, 1.82) is 0 Å². The van der Waals surface area contributed by atoms with E-state index in [2.05, 4.69) is 9.88 Å². The van der Waals surface area contributed by atoms with E-state index < -0.39 is 5.60 Å². The van der Waals surface area contributed by atoms with Crippen LogP contribution in [-0.4, -0.2) is 60.3 Å². The molecular formula is C19H29N3O4. The van der Waals surface area contributed by atoms with Gasteiger partial charge < -0.3 is 19.3 Å². The van der Waals surface area contributed by atoms with Gasteiger partial charge in [0.15, 0.2) is 0 Å². The summed E-state index contributed by atoms with van der Waals surface area (Å²) < 4.78 is 10.6. The van der Waals surface area contributed by atoms with Gasteiger partial charge in [0.1, 0.15) is 11.4 Å². The zero-order valence-electron chi connectivity index (χ0n) is 16.2. The second-order valence-corrected chi connectivity index (χ2v) is 7.35. The van der Waals surface area contributed by atoms with Gasteiger partial charge in [-0.25, -0.2) is 14.6 Å². The average Bonchev–Trinajstić information content (AvgIpc) is 2.61. The number of amides is 1. The number of aromatic nitrogens is 1. The van der Waals surface area contributed by atoms with Crippen molar-refractivity contribution in [3.63, 3.8) is 0 Å². The van der Waals surface area contributed by atoms with Gasteiger partial charge in [-0.2, -0.15) is 0 Å². The standard InChI is InChI=1S/C19H29N3O4/c1-5-6-13-25-17(23)15-7-8-16(20-14-15)21-9-11-22(12-10-21)18(24)26-19(2,3)4/h7-8,14H,5-6,9-13H2,1-4H3. The molecule has 7 nitrogen and oxygen atoms in total. The van der Waals surface area contributed by atoms with Crippen molar-refractivity contribution in [1.82, 2.24) is 9.88 Å². The molecule has 0 aromatic carbocycles. The third kappa shape index (κ3) is 5.89. The van der Waals surface area contributed by atoms with Crippen LogP contribution in [0, 0.1) is 0 Å². The molecule has 0 aliphatic carbocycles. The fourth-order valence-electron chi connectivity index (χ4n) is 2.53. The predicted molar refractivity (Wildman–Crippen MR) is 99.4 cm³/mol. The molecule has 144 valence electrons. The van der Waals surface area contributed by atoms with E-state index in [0.717, 1.165) is 18.7 Å². The zero-order valence-corrected chi connectivity index (χ0v) is 16.2. The van der Waals surface area contributed by atoms with Gasteiger partial charge in [0.05, 0.1) is 12.2 Å². The Bertz CT molecular complexity index is 602. The van der Waals surface area contributed by atoms with Crippen LogP contribution < -0.4 is 4.90 Å². The topological polar surface area (TPSA) is 72.0 Å². The number of rotatable bonds is 5. The molecule has 1 fully saturated rings. The molecule has 0 radical (unpaired) electrons. The minimum Gasteiger partial charge on any atom is -0.462 e. The second-order valence-electron chi connectivity index (χ2n) is 7.35. The normalized spacial score (nSPS) is 14.9. The first-order valence-electron chi connectivity index (χ1n) is 9.16. The Hall–Kier alpha value is -2.31. The summed E-state index contributed by atoms with van der Waals surface area (Å²) >= 11 is 0.